The van der Waals surface area contributed by atoms with Gasteiger partial charge in [0.2, 0.25) is 17.6 Å². The van der Waals surface area contributed by atoms with E-state index in [2.05, 4.69) is 34.2 Å². The lowest BCUT2D eigenvalue weighted by Gasteiger charge is -2.35. The van der Waals surface area contributed by atoms with Gasteiger partial charge in [-0.25, -0.2) is 4.39 Å². The summed E-state index contributed by atoms with van der Waals surface area (Å²) < 4.78 is 23.8. The molecule has 8 heteroatoms. The van der Waals surface area contributed by atoms with Crippen molar-refractivity contribution < 1.29 is 18.4 Å². The van der Waals surface area contributed by atoms with E-state index >= 15 is 0 Å². The first-order valence-electron chi connectivity index (χ1n) is 9.22. The molecule has 0 saturated carbocycles. The quantitative estimate of drug-likeness (QED) is 0.797. The summed E-state index contributed by atoms with van der Waals surface area (Å²) in [6.07, 6.45) is 1.08. The van der Waals surface area contributed by atoms with Crippen LogP contribution in [-0.2, 0) is 16.0 Å². The van der Waals surface area contributed by atoms with Crippen LogP contribution in [0, 0.1) is 5.82 Å². The van der Waals surface area contributed by atoms with Gasteiger partial charge in [-0.1, -0.05) is 5.16 Å². The standard InChI is InChI=1S/C19H25FN4O3/c1-13-11-24(12-14(2)26-13)10-9-21-17(25)7-8-18-22-19(23-27-18)15-3-5-16(20)6-4-15/h3-6,13-14H,7-12H2,1-2H3,(H,21,25). The van der Waals surface area contributed by atoms with Crippen molar-refractivity contribution in [3.63, 3.8) is 0 Å². The molecular formula is C19H25FN4O3. The molecule has 2 heterocycles. The molecule has 0 radical (unpaired) electrons. The first kappa shape index (κ1) is 19.4. The third kappa shape index (κ3) is 5.83. The number of hydrogen-bond acceptors (Lipinski definition) is 6. The maximum atomic E-state index is 13.0. The van der Waals surface area contributed by atoms with E-state index in [0.717, 1.165) is 19.6 Å². The molecular weight excluding hydrogens is 351 g/mol. The smallest absolute Gasteiger partial charge is 0.227 e. The number of nitrogens with zero attached hydrogens (tertiary/aromatic N) is 3. The van der Waals surface area contributed by atoms with Crippen molar-refractivity contribution in [1.82, 2.24) is 20.4 Å². The van der Waals surface area contributed by atoms with Crippen LogP contribution in [0.4, 0.5) is 4.39 Å². The fourth-order valence-electron chi connectivity index (χ4n) is 3.20. The maximum absolute atomic E-state index is 13.0. The van der Waals surface area contributed by atoms with Gasteiger partial charge in [-0.05, 0) is 38.1 Å². The van der Waals surface area contributed by atoms with Gasteiger partial charge in [-0.3, -0.25) is 9.69 Å². The minimum Gasteiger partial charge on any atom is -0.373 e. The number of aryl methyl sites for hydroxylation is 1. The van der Waals surface area contributed by atoms with E-state index in [9.17, 15) is 9.18 Å². The molecule has 1 aliphatic rings. The number of morpholine rings is 1. The molecule has 1 aliphatic heterocycles. The zero-order valence-electron chi connectivity index (χ0n) is 15.7. The van der Waals surface area contributed by atoms with Crippen molar-refractivity contribution in [2.45, 2.75) is 38.9 Å². The SMILES string of the molecule is CC1CN(CCNC(=O)CCc2nc(-c3ccc(F)cc3)no2)CC(C)O1. The summed E-state index contributed by atoms with van der Waals surface area (Å²) in [7, 11) is 0. The molecule has 3 rings (SSSR count). The van der Waals surface area contributed by atoms with Gasteiger partial charge in [-0.2, -0.15) is 4.98 Å². The lowest BCUT2D eigenvalue weighted by Crippen LogP contribution is -2.47. The number of hydrogen-bond donors (Lipinski definition) is 1. The molecule has 1 aromatic carbocycles. The van der Waals surface area contributed by atoms with Crippen LogP contribution in [-0.4, -0.2) is 59.3 Å². The molecule has 2 aromatic rings. The molecule has 2 atom stereocenters. The highest BCUT2D eigenvalue weighted by Crippen LogP contribution is 2.16. The zero-order chi connectivity index (χ0) is 19.2. The van der Waals surface area contributed by atoms with Crippen molar-refractivity contribution in [1.29, 1.82) is 0 Å². The van der Waals surface area contributed by atoms with Crippen LogP contribution in [0.1, 0.15) is 26.2 Å². The van der Waals surface area contributed by atoms with Crippen LogP contribution in [0.5, 0.6) is 0 Å². The molecule has 1 saturated heterocycles. The van der Waals surface area contributed by atoms with Crippen molar-refractivity contribution >= 4 is 5.91 Å². The number of benzene rings is 1. The second kappa shape index (κ2) is 9.05. The molecule has 7 nitrogen and oxygen atoms in total. The number of ether oxygens (including phenoxy) is 1. The molecule has 27 heavy (non-hydrogen) atoms. The Morgan fingerprint density at radius 1 is 1.26 bits per heavy atom. The molecule has 1 aromatic heterocycles. The van der Waals surface area contributed by atoms with E-state index in [0.29, 0.717) is 30.2 Å². The number of halogens is 1. The van der Waals surface area contributed by atoms with Crippen molar-refractivity contribution in [2.75, 3.05) is 26.2 Å². The van der Waals surface area contributed by atoms with E-state index in [1.807, 2.05) is 0 Å². The van der Waals surface area contributed by atoms with Gasteiger partial charge in [0, 0.05) is 44.6 Å². The van der Waals surface area contributed by atoms with Gasteiger partial charge >= 0.3 is 0 Å². The van der Waals surface area contributed by atoms with E-state index in [-0.39, 0.29) is 30.4 Å². The summed E-state index contributed by atoms with van der Waals surface area (Å²) in [4.78, 5) is 18.6. The Morgan fingerprint density at radius 3 is 2.67 bits per heavy atom. The molecule has 1 fully saturated rings. The molecule has 2 unspecified atom stereocenters. The molecule has 0 spiro atoms. The number of carbonyl (C=O) groups excluding carboxylic acids is 1. The maximum Gasteiger partial charge on any atom is 0.227 e. The second-order valence-corrected chi connectivity index (χ2v) is 6.89. The largest absolute Gasteiger partial charge is 0.373 e. The van der Waals surface area contributed by atoms with Gasteiger partial charge in [-0.15, -0.1) is 0 Å². The predicted molar refractivity (Wildman–Crippen MR) is 97.5 cm³/mol. The summed E-state index contributed by atoms with van der Waals surface area (Å²) in [6.45, 7) is 7.29. The highest BCUT2D eigenvalue weighted by atomic mass is 19.1. The van der Waals surface area contributed by atoms with Crippen LogP contribution < -0.4 is 5.32 Å². The third-order valence-electron chi connectivity index (χ3n) is 4.38. The average Bonchev–Trinajstić information content (AvgIpc) is 3.09. The lowest BCUT2D eigenvalue weighted by atomic mass is 10.2. The fraction of sp³-hybridized carbons (Fsp3) is 0.526. The Hall–Kier alpha value is -2.32. The van der Waals surface area contributed by atoms with Crippen LogP contribution in [0.25, 0.3) is 11.4 Å². The Labute approximate surface area is 157 Å². The van der Waals surface area contributed by atoms with Gasteiger partial charge < -0.3 is 14.6 Å². The van der Waals surface area contributed by atoms with Crippen LogP contribution in [0.3, 0.4) is 0 Å². The van der Waals surface area contributed by atoms with Crippen LogP contribution in [0.15, 0.2) is 28.8 Å². The van der Waals surface area contributed by atoms with Gasteiger partial charge in [0.15, 0.2) is 0 Å². The lowest BCUT2D eigenvalue weighted by molar-refractivity contribution is -0.121. The average molecular weight is 376 g/mol. The monoisotopic (exact) mass is 376 g/mol. The number of rotatable bonds is 7. The molecule has 0 bridgehead atoms. The van der Waals surface area contributed by atoms with Crippen LogP contribution >= 0.6 is 0 Å². The molecule has 1 N–H and O–H groups in total. The highest BCUT2D eigenvalue weighted by molar-refractivity contribution is 5.76. The topological polar surface area (TPSA) is 80.5 Å². The van der Waals surface area contributed by atoms with E-state index < -0.39 is 0 Å². The molecule has 146 valence electrons. The van der Waals surface area contributed by atoms with Gasteiger partial charge in [0.25, 0.3) is 0 Å². The van der Waals surface area contributed by atoms with E-state index in [1.54, 1.807) is 12.1 Å². The number of aromatic nitrogens is 2. The second-order valence-electron chi connectivity index (χ2n) is 6.89. The fourth-order valence-corrected chi connectivity index (χ4v) is 3.20. The first-order valence-corrected chi connectivity index (χ1v) is 9.22. The van der Waals surface area contributed by atoms with E-state index in [4.69, 9.17) is 9.26 Å². The van der Waals surface area contributed by atoms with Crippen molar-refractivity contribution in [3.05, 3.63) is 36.0 Å². The molecule has 0 aliphatic carbocycles. The Bertz CT molecular complexity index is 740. The van der Waals surface area contributed by atoms with Crippen molar-refractivity contribution in [3.8, 4) is 11.4 Å². The summed E-state index contributed by atoms with van der Waals surface area (Å²) in [6, 6.07) is 5.86. The van der Waals surface area contributed by atoms with E-state index in [1.165, 1.54) is 12.1 Å². The normalized spacial score (nSPS) is 20.6. The Morgan fingerprint density at radius 2 is 1.96 bits per heavy atom. The van der Waals surface area contributed by atoms with Crippen LogP contribution in [0.2, 0.25) is 0 Å². The third-order valence-corrected chi connectivity index (χ3v) is 4.38. The Balaban J connectivity index is 1.39. The summed E-state index contributed by atoms with van der Waals surface area (Å²) in [5, 5.41) is 6.79. The Kier molecular flexibility index (Phi) is 6.52. The minimum absolute atomic E-state index is 0.0501. The minimum atomic E-state index is -0.319. The number of nitrogens with one attached hydrogen (secondary N) is 1. The van der Waals surface area contributed by atoms with Crippen molar-refractivity contribution in [2.24, 2.45) is 0 Å². The summed E-state index contributed by atoms with van der Waals surface area (Å²) in [5.41, 5.74) is 0.671. The van der Waals surface area contributed by atoms with Gasteiger partial charge in [0.05, 0.1) is 12.2 Å². The predicted octanol–water partition coefficient (Wildman–Crippen LogP) is 2.03. The highest BCUT2D eigenvalue weighted by Gasteiger charge is 2.21. The first-order chi connectivity index (χ1) is 13.0. The number of amides is 1. The zero-order valence-corrected chi connectivity index (χ0v) is 15.7. The summed E-state index contributed by atoms with van der Waals surface area (Å²) in [5.74, 6) is 0.410. The van der Waals surface area contributed by atoms with Gasteiger partial charge in [0.1, 0.15) is 5.82 Å². The summed E-state index contributed by atoms with van der Waals surface area (Å²) >= 11 is 0. The molecule has 1 amide bonds. The number of carbonyl (C=O) groups is 1.